The van der Waals surface area contributed by atoms with Crippen LogP contribution in [0.25, 0.3) is 0 Å². The van der Waals surface area contributed by atoms with Crippen LogP contribution in [0, 0.1) is 12.8 Å². The molecule has 2 aliphatic carbocycles. The Morgan fingerprint density at radius 3 is 2.73 bits per heavy atom. The van der Waals surface area contributed by atoms with Gasteiger partial charge >= 0.3 is 0 Å². The average Bonchev–Trinajstić information content (AvgIpc) is 3.46. The van der Waals surface area contributed by atoms with Crippen LogP contribution >= 0.6 is 24.8 Å². The van der Waals surface area contributed by atoms with Crippen LogP contribution in [0.15, 0.2) is 30.1 Å². The Bertz CT molecular complexity index is 690. The van der Waals surface area contributed by atoms with Crippen molar-refractivity contribution in [1.29, 1.82) is 0 Å². The zero-order chi connectivity index (χ0) is 16.7. The van der Waals surface area contributed by atoms with E-state index in [2.05, 4.69) is 35.1 Å². The third kappa shape index (κ3) is 4.92. The molecule has 0 bridgehead atoms. The first-order chi connectivity index (χ1) is 11.6. The van der Waals surface area contributed by atoms with Gasteiger partial charge in [0.05, 0.1) is 12.2 Å². The molecule has 2 atom stereocenters. The van der Waals surface area contributed by atoms with E-state index in [1.54, 1.807) is 0 Å². The van der Waals surface area contributed by atoms with Crippen molar-refractivity contribution in [3.8, 4) is 0 Å². The lowest BCUT2D eigenvalue weighted by Crippen LogP contribution is -2.28. The van der Waals surface area contributed by atoms with E-state index >= 15 is 0 Å². The number of halogens is 2. The highest BCUT2D eigenvalue weighted by Crippen LogP contribution is 2.43. The number of carbonyl (C=O) groups excluding carboxylic acids is 1. The summed E-state index contributed by atoms with van der Waals surface area (Å²) in [4.78, 5) is 12.5. The fourth-order valence-corrected chi connectivity index (χ4v) is 3.41. The van der Waals surface area contributed by atoms with Crippen LogP contribution in [-0.4, -0.2) is 37.1 Å². The molecule has 3 aliphatic rings. The molecular weight excluding hydrogens is 371 g/mol. The molecule has 2 saturated carbocycles. The van der Waals surface area contributed by atoms with E-state index in [9.17, 15) is 4.79 Å². The Hall–Kier alpha value is -1.27. The minimum Gasteiger partial charge on any atom is -0.324 e. The molecule has 1 aliphatic heterocycles. The van der Waals surface area contributed by atoms with E-state index < -0.39 is 0 Å². The van der Waals surface area contributed by atoms with Gasteiger partial charge in [-0.1, -0.05) is 6.07 Å². The number of nitrogens with zero attached hydrogens (tertiary/aromatic N) is 1. The molecule has 1 amide bonds. The number of aryl methyl sites for hydroxylation is 1. The van der Waals surface area contributed by atoms with Crippen LogP contribution in [0.5, 0.6) is 0 Å². The number of amides is 1. The summed E-state index contributed by atoms with van der Waals surface area (Å²) in [6.45, 7) is 4.01. The third-order valence-corrected chi connectivity index (χ3v) is 5.24. The summed E-state index contributed by atoms with van der Waals surface area (Å²) in [5.41, 5.74) is 7.32. The number of hydrazine groups is 1. The lowest BCUT2D eigenvalue weighted by molar-refractivity contribution is 0.0964. The van der Waals surface area contributed by atoms with Crippen molar-refractivity contribution in [3.63, 3.8) is 0 Å². The van der Waals surface area contributed by atoms with Crippen molar-refractivity contribution in [2.45, 2.75) is 38.1 Å². The summed E-state index contributed by atoms with van der Waals surface area (Å²) in [5, 5.41) is 8.60. The summed E-state index contributed by atoms with van der Waals surface area (Å²) in [6.07, 6.45) is 5.81. The maximum absolute atomic E-state index is 12.5. The number of benzene rings is 1. The molecule has 4 rings (SSSR count). The van der Waals surface area contributed by atoms with E-state index in [1.807, 2.05) is 24.3 Å². The summed E-state index contributed by atoms with van der Waals surface area (Å²) in [5.74, 6) is 1.45. The maximum Gasteiger partial charge on any atom is 0.255 e. The highest BCUT2D eigenvalue weighted by Gasteiger charge is 2.40. The number of rotatable bonds is 6. The van der Waals surface area contributed by atoms with Gasteiger partial charge in [-0.2, -0.15) is 0 Å². The minimum absolute atomic E-state index is 0. The zero-order valence-electron chi connectivity index (χ0n) is 15.2. The summed E-state index contributed by atoms with van der Waals surface area (Å²) in [7, 11) is 1.95. The first-order valence-electron chi connectivity index (χ1n) is 8.92. The molecule has 144 valence electrons. The molecular formula is C19H28Cl2N4O. The molecule has 7 heteroatoms. The van der Waals surface area contributed by atoms with Crippen LogP contribution < -0.4 is 16.1 Å². The SMILES string of the molecule is Cc1ccc(C(=O)NC2=CNN(C)C2)cc1[C@@H]1C[C@H]1NCC1CC1.Cl.Cl. The average molecular weight is 399 g/mol. The quantitative estimate of drug-likeness (QED) is 0.689. The molecule has 1 aromatic rings. The van der Waals surface area contributed by atoms with Gasteiger partial charge in [-0.3, -0.25) is 4.79 Å². The summed E-state index contributed by atoms with van der Waals surface area (Å²) >= 11 is 0. The van der Waals surface area contributed by atoms with Gasteiger partial charge in [0.25, 0.3) is 5.91 Å². The van der Waals surface area contributed by atoms with Gasteiger partial charge in [0.15, 0.2) is 0 Å². The van der Waals surface area contributed by atoms with Gasteiger partial charge in [0.1, 0.15) is 0 Å². The highest BCUT2D eigenvalue weighted by molar-refractivity contribution is 5.95. The molecule has 0 unspecified atom stereocenters. The van der Waals surface area contributed by atoms with Gasteiger partial charge in [0, 0.05) is 30.8 Å². The van der Waals surface area contributed by atoms with Crippen LogP contribution in [0.3, 0.4) is 0 Å². The van der Waals surface area contributed by atoms with E-state index in [1.165, 1.54) is 30.4 Å². The Kier molecular flexibility index (Phi) is 6.97. The second kappa shape index (κ2) is 8.61. The van der Waals surface area contributed by atoms with Crippen LogP contribution in [-0.2, 0) is 0 Å². The first kappa shape index (κ1) is 21.0. The van der Waals surface area contributed by atoms with Gasteiger partial charge < -0.3 is 16.1 Å². The monoisotopic (exact) mass is 398 g/mol. The largest absolute Gasteiger partial charge is 0.324 e. The van der Waals surface area contributed by atoms with E-state index in [4.69, 9.17) is 0 Å². The molecule has 5 nitrogen and oxygen atoms in total. The number of hydrogen-bond acceptors (Lipinski definition) is 4. The van der Waals surface area contributed by atoms with E-state index in [0.717, 1.165) is 23.7 Å². The number of hydrogen-bond donors (Lipinski definition) is 3. The van der Waals surface area contributed by atoms with Crippen molar-refractivity contribution in [2.75, 3.05) is 20.1 Å². The lowest BCUT2D eigenvalue weighted by Gasteiger charge is -2.11. The lowest BCUT2D eigenvalue weighted by atomic mass is 10.0. The van der Waals surface area contributed by atoms with Crippen LogP contribution in [0.1, 0.15) is 46.7 Å². The molecule has 0 aromatic heterocycles. The van der Waals surface area contributed by atoms with E-state index in [-0.39, 0.29) is 30.7 Å². The first-order valence-corrected chi connectivity index (χ1v) is 8.92. The van der Waals surface area contributed by atoms with Crippen molar-refractivity contribution in [2.24, 2.45) is 5.92 Å². The molecule has 3 N–H and O–H groups in total. The second-order valence-corrected chi connectivity index (χ2v) is 7.48. The zero-order valence-corrected chi connectivity index (χ0v) is 16.9. The molecule has 0 radical (unpaired) electrons. The molecule has 0 spiro atoms. The smallest absolute Gasteiger partial charge is 0.255 e. The Morgan fingerprint density at radius 2 is 2.08 bits per heavy atom. The Balaban J connectivity index is 0.00000121. The topological polar surface area (TPSA) is 56.4 Å². The van der Waals surface area contributed by atoms with Crippen LogP contribution in [0.2, 0.25) is 0 Å². The number of nitrogens with one attached hydrogen (secondary N) is 3. The van der Waals surface area contributed by atoms with Crippen molar-refractivity contribution < 1.29 is 4.79 Å². The molecule has 1 heterocycles. The molecule has 1 aromatic carbocycles. The normalized spacial score (nSPS) is 24.0. The summed E-state index contributed by atoms with van der Waals surface area (Å²) in [6, 6.07) is 6.68. The summed E-state index contributed by atoms with van der Waals surface area (Å²) < 4.78 is 0. The van der Waals surface area contributed by atoms with Gasteiger partial charge in [0.2, 0.25) is 0 Å². The number of carbonyl (C=O) groups is 1. The fraction of sp³-hybridized carbons (Fsp3) is 0.526. The molecule has 26 heavy (non-hydrogen) atoms. The molecule has 0 saturated heterocycles. The van der Waals surface area contributed by atoms with Gasteiger partial charge in [-0.05, 0) is 61.9 Å². The third-order valence-electron chi connectivity index (χ3n) is 5.24. The Labute approximate surface area is 167 Å². The number of likely N-dealkylation sites (N-methyl/N-ethyl adjacent to an activating group) is 1. The van der Waals surface area contributed by atoms with Crippen LogP contribution in [0.4, 0.5) is 0 Å². The van der Waals surface area contributed by atoms with Crippen molar-refractivity contribution >= 4 is 30.7 Å². The van der Waals surface area contributed by atoms with Gasteiger partial charge in [-0.25, -0.2) is 5.01 Å². The second-order valence-electron chi connectivity index (χ2n) is 7.48. The van der Waals surface area contributed by atoms with Crippen molar-refractivity contribution in [1.82, 2.24) is 21.1 Å². The minimum atomic E-state index is -0.0252. The standard InChI is InChI=1S/C19H26N4O.2ClH/c1-12-3-6-14(19(24)22-15-10-21-23(2)11-15)7-16(12)17-8-18(17)20-9-13-4-5-13;;/h3,6-7,10,13,17-18,20-21H,4-5,8-9,11H2,1-2H3,(H,22,24);2*1H/t17-,18+;;/m0../s1. The fourth-order valence-electron chi connectivity index (χ4n) is 3.41. The predicted octanol–water partition coefficient (Wildman–Crippen LogP) is 2.72. The molecule has 2 fully saturated rings. The highest BCUT2D eigenvalue weighted by atomic mass is 35.5. The Morgan fingerprint density at radius 1 is 1.31 bits per heavy atom. The van der Waals surface area contributed by atoms with Crippen molar-refractivity contribution in [3.05, 3.63) is 46.8 Å². The predicted molar refractivity (Wildman–Crippen MR) is 109 cm³/mol. The van der Waals surface area contributed by atoms with E-state index in [0.29, 0.717) is 18.5 Å². The maximum atomic E-state index is 12.5. The van der Waals surface area contributed by atoms with Gasteiger partial charge in [-0.15, -0.1) is 24.8 Å².